The number of amidine groups is 1. The number of aliphatic imine (C=N–C) groups is 1. The predicted molar refractivity (Wildman–Crippen MR) is 83.4 cm³/mol. The van der Waals surface area contributed by atoms with Crippen LogP contribution in [0.4, 0.5) is 0 Å². The molecule has 1 rings (SSSR count). The van der Waals surface area contributed by atoms with Gasteiger partial charge in [0.1, 0.15) is 5.84 Å². The Balaban J connectivity index is 2.26. The van der Waals surface area contributed by atoms with Crippen LogP contribution in [0.15, 0.2) is 47.1 Å². The van der Waals surface area contributed by atoms with E-state index >= 15 is 0 Å². The summed E-state index contributed by atoms with van der Waals surface area (Å²) in [5.74, 6) is 1.20. The summed E-state index contributed by atoms with van der Waals surface area (Å²) < 4.78 is 0. The van der Waals surface area contributed by atoms with Gasteiger partial charge in [-0.1, -0.05) is 43.3 Å². The zero-order chi connectivity index (χ0) is 14.1. The number of hydrogen-bond acceptors (Lipinski definition) is 2. The zero-order valence-corrected chi connectivity index (χ0v) is 12.2. The van der Waals surface area contributed by atoms with Crippen molar-refractivity contribution in [1.82, 2.24) is 5.32 Å². The molecule has 3 nitrogen and oxygen atoms in total. The minimum Gasteiger partial charge on any atom is -0.386 e. The zero-order valence-electron chi connectivity index (χ0n) is 12.2. The first-order valence-corrected chi connectivity index (χ1v) is 6.85. The van der Waals surface area contributed by atoms with Crippen LogP contribution < -0.4 is 11.1 Å². The second-order valence-electron chi connectivity index (χ2n) is 4.81. The van der Waals surface area contributed by atoms with E-state index in [4.69, 9.17) is 5.73 Å². The van der Waals surface area contributed by atoms with Crippen LogP contribution in [0.1, 0.15) is 38.7 Å². The first kappa shape index (κ1) is 15.4. The number of nitrogens with two attached hydrogens (primary N) is 1. The third-order valence-corrected chi connectivity index (χ3v) is 3.17. The van der Waals surface area contributed by atoms with Gasteiger partial charge in [-0.3, -0.25) is 0 Å². The predicted octanol–water partition coefficient (Wildman–Crippen LogP) is 3.05. The fraction of sp³-hybridized carbons (Fsp3) is 0.438. The third kappa shape index (κ3) is 6.20. The molecular weight excluding hydrogens is 234 g/mol. The summed E-state index contributed by atoms with van der Waals surface area (Å²) in [5.41, 5.74) is 8.17. The number of allylic oxidation sites excluding steroid dienone is 2. The Morgan fingerprint density at radius 2 is 2.05 bits per heavy atom. The highest BCUT2D eigenvalue weighted by atomic mass is 15.0. The minimum absolute atomic E-state index is 0.559. The van der Waals surface area contributed by atoms with E-state index in [2.05, 4.69) is 47.6 Å². The molecule has 0 aliphatic carbocycles. The molecule has 0 radical (unpaired) electrons. The van der Waals surface area contributed by atoms with Crippen LogP contribution in [0.5, 0.6) is 0 Å². The van der Waals surface area contributed by atoms with Gasteiger partial charge in [-0.05, 0) is 38.3 Å². The smallest absolute Gasteiger partial charge is 0.113 e. The lowest BCUT2D eigenvalue weighted by Gasteiger charge is -2.12. The highest BCUT2D eigenvalue weighted by Gasteiger charge is 2.04. The summed E-state index contributed by atoms with van der Waals surface area (Å²) in [5, 5.41) is 3.33. The Bertz CT molecular complexity index is 421. The second kappa shape index (κ2) is 8.48. The fourth-order valence-corrected chi connectivity index (χ4v) is 1.81. The van der Waals surface area contributed by atoms with E-state index < -0.39 is 0 Å². The average Bonchev–Trinajstić information content (AvgIpc) is 2.44. The molecule has 104 valence electrons. The monoisotopic (exact) mass is 259 g/mol. The van der Waals surface area contributed by atoms with Crippen molar-refractivity contribution in [3.63, 3.8) is 0 Å². The van der Waals surface area contributed by atoms with E-state index in [1.54, 1.807) is 0 Å². The molecule has 0 heterocycles. The number of rotatable bonds is 7. The molecule has 3 heteroatoms. The van der Waals surface area contributed by atoms with E-state index in [1.165, 1.54) is 5.56 Å². The summed E-state index contributed by atoms with van der Waals surface area (Å²) in [6.45, 7) is 7.75. The lowest BCUT2D eigenvalue weighted by molar-refractivity contribution is 0.624. The highest BCUT2D eigenvalue weighted by Crippen LogP contribution is 2.17. The SMILES string of the molecule is C/C=C(\C)N=C(N)CNCCC(C)c1ccccc1. The van der Waals surface area contributed by atoms with E-state index in [1.807, 2.05) is 19.9 Å². The van der Waals surface area contributed by atoms with E-state index in [9.17, 15) is 0 Å². The molecule has 0 saturated heterocycles. The average molecular weight is 259 g/mol. The molecule has 0 amide bonds. The maximum atomic E-state index is 5.82. The van der Waals surface area contributed by atoms with Crippen molar-refractivity contribution in [2.24, 2.45) is 10.7 Å². The van der Waals surface area contributed by atoms with Gasteiger partial charge in [0.15, 0.2) is 0 Å². The van der Waals surface area contributed by atoms with Crippen molar-refractivity contribution in [3.8, 4) is 0 Å². The number of nitrogens with one attached hydrogen (secondary N) is 1. The molecule has 0 aliphatic heterocycles. The lowest BCUT2D eigenvalue weighted by Crippen LogP contribution is -2.30. The van der Waals surface area contributed by atoms with Crippen molar-refractivity contribution >= 4 is 5.84 Å². The Morgan fingerprint density at radius 1 is 1.37 bits per heavy atom. The van der Waals surface area contributed by atoms with Gasteiger partial charge >= 0.3 is 0 Å². The lowest BCUT2D eigenvalue weighted by atomic mass is 9.98. The van der Waals surface area contributed by atoms with Crippen molar-refractivity contribution in [1.29, 1.82) is 0 Å². The van der Waals surface area contributed by atoms with Crippen molar-refractivity contribution in [2.75, 3.05) is 13.1 Å². The molecule has 3 N–H and O–H groups in total. The van der Waals surface area contributed by atoms with Gasteiger partial charge in [0.2, 0.25) is 0 Å². The molecule has 1 atom stereocenters. The number of hydrogen-bond donors (Lipinski definition) is 2. The van der Waals surface area contributed by atoms with Gasteiger partial charge in [-0.15, -0.1) is 0 Å². The van der Waals surface area contributed by atoms with Crippen LogP contribution in [-0.4, -0.2) is 18.9 Å². The fourth-order valence-electron chi connectivity index (χ4n) is 1.81. The van der Waals surface area contributed by atoms with E-state index in [0.29, 0.717) is 18.3 Å². The molecule has 0 aliphatic rings. The van der Waals surface area contributed by atoms with Crippen molar-refractivity contribution in [3.05, 3.63) is 47.7 Å². The van der Waals surface area contributed by atoms with Crippen LogP contribution in [0.3, 0.4) is 0 Å². The van der Waals surface area contributed by atoms with Gasteiger partial charge in [-0.25, -0.2) is 4.99 Å². The standard InChI is InChI=1S/C16H25N3/c1-4-14(3)19-16(17)12-18-11-10-13(2)15-8-6-5-7-9-15/h4-9,13,18H,10-12H2,1-3H3,(H2,17,19)/b14-4+. The molecule has 0 fully saturated rings. The van der Waals surface area contributed by atoms with E-state index in [0.717, 1.165) is 18.7 Å². The third-order valence-electron chi connectivity index (χ3n) is 3.17. The minimum atomic E-state index is 0.559. The molecule has 0 saturated carbocycles. The van der Waals surface area contributed by atoms with Gasteiger partial charge in [0.25, 0.3) is 0 Å². The Morgan fingerprint density at radius 3 is 2.68 bits per heavy atom. The number of nitrogens with zero attached hydrogens (tertiary/aromatic N) is 1. The van der Waals surface area contributed by atoms with E-state index in [-0.39, 0.29) is 0 Å². The Labute approximate surface area is 116 Å². The topological polar surface area (TPSA) is 50.4 Å². The highest BCUT2D eigenvalue weighted by molar-refractivity contribution is 5.83. The second-order valence-corrected chi connectivity index (χ2v) is 4.81. The summed E-state index contributed by atoms with van der Waals surface area (Å²) in [6, 6.07) is 10.6. The molecule has 0 bridgehead atoms. The maximum absolute atomic E-state index is 5.82. The van der Waals surface area contributed by atoms with Gasteiger partial charge in [-0.2, -0.15) is 0 Å². The molecule has 0 aromatic heterocycles. The molecule has 19 heavy (non-hydrogen) atoms. The molecule has 1 unspecified atom stereocenters. The van der Waals surface area contributed by atoms with Crippen LogP contribution in [0, 0.1) is 0 Å². The van der Waals surface area contributed by atoms with Crippen LogP contribution in [-0.2, 0) is 0 Å². The summed E-state index contributed by atoms with van der Waals surface area (Å²) in [7, 11) is 0. The normalized spacial score (nSPS) is 14.5. The first-order valence-electron chi connectivity index (χ1n) is 6.85. The van der Waals surface area contributed by atoms with Crippen LogP contribution >= 0.6 is 0 Å². The quantitative estimate of drug-likeness (QED) is 0.449. The Hall–Kier alpha value is -1.61. The first-order chi connectivity index (χ1) is 9.13. The Kier molecular flexibility index (Phi) is 6.90. The van der Waals surface area contributed by atoms with Crippen molar-refractivity contribution < 1.29 is 0 Å². The largest absolute Gasteiger partial charge is 0.386 e. The summed E-state index contributed by atoms with van der Waals surface area (Å²) in [4.78, 5) is 4.26. The molecular formula is C16H25N3. The van der Waals surface area contributed by atoms with Crippen LogP contribution in [0.2, 0.25) is 0 Å². The van der Waals surface area contributed by atoms with Gasteiger partial charge in [0.05, 0.1) is 6.54 Å². The van der Waals surface area contributed by atoms with Crippen molar-refractivity contribution in [2.45, 2.75) is 33.1 Å². The maximum Gasteiger partial charge on any atom is 0.113 e. The molecule has 1 aromatic rings. The molecule has 0 spiro atoms. The van der Waals surface area contributed by atoms with Gasteiger partial charge < -0.3 is 11.1 Å². The van der Waals surface area contributed by atoms with Gasteiger partial charge in [0, 0.05) is 5.70 Å². The summed E-state index contributed by atoms with van der Waals surface area (Å²) in [6.07, 6.45) is 3.05. The number of benzene rings is 1. The summed E-state index contributed by atoms with van der Waals surface area (Å²) >= 11 is 0. The molecule has 1 aromatic carbocycles. The van der Waals surface area contributed by atoms with Crippen LogP contribution in [0.25, 0.3) is 0 Å².